The minimum absolute atomic E-state index is 0.114. The summed E-state index contributed by atoms with van der Waals surface area (Å²) in [6.45, 7) is -0.605. The third-order valence-electron chi connectivity index (χ3n) is 1.89. The van der Waals surface area contributed by atoms with E-state index >= 15 is 0 Å². The number of halogens is 1. The molecule has 0 heterocycles. The topological polar surface area (TPSA) is 101 Å². The number of carboxylic acid groups (broad SMARTS) is 2. The van der Waals surface area contributed by atoms with E-state index in [0.717, 1.165) is 0 Å². The number of hydrogen-bond donors (Lipinski definition) is 3. The van der Waals surface area contributed by atoms with Crippen molar-refractivity contribution in [1.82, 2.24) is 0 Å². The van der Waals surface area contributed by atoms with Gasteiger partial charge in [0.05, 0.1) is 12.6 Å². The summed E-state index contributed by atoms with van der Waals surface area (Å²) < 4.78 is 11.8. The van der Waals surface area contributed by atoms with Gasteiger partial charge in [0, 0.05) is 0 Å². The number of carboxylic acids is 2. The first-order valence-corrected chi connectivity index (χ1v) is 4.26. The van der Waals surface area contributed by atoms with Gasteiger partial charge in [0.25, 0.3) is 0 Å². The maximum atomic E-state index is 11.8. The quantitative estimate of drug-likeness (QED) is 0.555. The molecule has 0 aromatic carbocycles. The molecule has 2 atom stereocenters. The van der Waals surface area contributed by atoms with Crippen molar-refractivity contribution in [3.05, 3.63) is 0 Å². The van der Waals surface area contributed by atoms with Gasteiger partial charge in [0.15, 0.2) is 0 Å². The molecule has 0 fully saturated rings. The Hall–Kier alpha value is -1.17. The van der Waals surface area contributed by atoms with Crippen molar-refractivity contribution in [2.75, 3.05) is 6.67 Å². The average molecular weight is 207 g/mol. The molecular weight excluding hydrogens is 193 g/mol. The molecule has 82 valence electrons. The lowest BCUT2D eigenvalue weighted by molar-refractivity contribution is -0.143. The Morgan fingerprint density at radius 1 is 1.29 bits per heavy atom. The lowest BCUT2D eigenvalue weighted by atomic mass is 9.96. The molecule has 0 aliphatic rings. The SMILES string of the molecule is N[C@@H](CC(CCCF)C(=O)O)C(=O)O. The Labute approximate surface area is 80.7 Å². The first-order valence-electron chi connectivity index (χ1n) is 4.26. The highest BCUT2D eigenvalue weighted by Crippen LogP contribution is 2.13. The Bertz CT molecular complexity index is 210. The number of carbonyl (C=O) groups is 2. The molecule has 4 N–H and O–H groups in total. The Balaban J connectivity index is 4.08. The molecule has 14 heavy (non-hydrogen) atoms. The van der Waals surface area contributed by atoms with E-state index in [1.807, 2.05) is 0 Å². The van der Waals surface area contributed by atoms with Crippen molar-refractivity contribution in [2.45, 2.75) is 25.3 Å². The van der Waals surface area contributed by atoms with E-state index in [1.54, 1.807) is 0 Å². The van der Waals surface area contributed by atoms with Gasteiger partial charge in [-0.05, 0) is 19.3 Å². The fourth-order valence-electron chi connectivity index (χ4n) is 1.07. The van der Waals surface area contributed by atoms with Crippen LogP contribution in [-0.2, 0) is 9.59 Å². The lowest BCUT2D eigenvalue weighted by Crippen LogP contribution is -2.34. The van der Waals surface area contributed by atoms with Crippen LogP contribution in [0.3, 0.4) is 0 Å². The van der Waals surface area contributed by atoms with Gasteiger partial charge in [-0.3, -0.25) is 14.0 Å². The number of hydrogen-bond acceptors (Lipinski definition) is 3. The summed E-state index contributed by atoms with van der Waals surface area (Å²) in [6.07, 6.45) is 0.0702. The molecule has 6 heteroatoms. The highest BCUT2D eigenvalue weighted by atomic mass is 19.1. The maximum Gasteiger partial charge on any atom is 0.320 e. The summed E-state index contributed by atoms with van der Waals surface area (Å²) in [5, 5.41) is 17.1. The third-order valence-corrected chi connectivity index (χ3v) is 1.89. The largest absolute Gasteiger partial charge is 0.481 e. The highest BCUT2D eigenvalue weighted by molar-refractivity contribution is 5.75. The average Bonchev–Trinajstić information content (AvgIpc) is 2.10. The van der Waals surface area contributed by atoms with Crippen LogP contribution in [0.1, 0.15) is 19.3 Å². The fourth-order valence-corrected chi connectivity index (χ4v) is 1.07. The van der Waals surface area contributed by atoms with Gasteiger partial charge >= 0.3 is 11.9 Å². The van der Waals surface area contributed by atoms with Crippen molar-refractivity contribution in [3.63, 3.8) is 0 Å². The molecule has 1 unspecified atom stereocenters. The number of rotatable bonds is 7. The van der Waals surface area contributed by atoms with Gasteiger partial charge in [-0.25, -0.2) is 0 Å². The molecule has 0 aliphatic carbocycles. The van der Waals surface area contributed by atoms with Gasteiger partial charge in [0.1, 0.15) is 6.04 Å². The van der Waals surface area contributed by atoms with Crippen molar-refractivity contribution >= 4 is 11.9 Å². The van der Waals surface area contributed by atoms with Crippen molar-refractivity contribution in [2.24, 2.45) is 11.7 Å². The molecule has 0 aliphatic heterocycles. The Kier molecular flexibility index (Phi) is 5.78. The predicted molar refractivity (Wildman–Crippen MR) is 46.6 cm³/mol. The summed E-state index contributed by atoms with van der Waals surface area (Å²) in [5.41, 5.74) is 5.17. The first-order chi connectivity index (χ1) is 6.49. The molecule has 0 radical (unpaired) electrons. The molecule has 0 bridgehead atoms. The van der Waals surface area contributed by atoms with E-state index in [0.29, 0.717) is 0 Å². The zero-order valence-corrected chi connectivity index (χ0v) is 7.65. The van der Waals surface area contributed by atoms with E-state index in [-0.39, 0.29) is 19.3 Å². The fraction of sp³-hybridized carbons (Fsp3) is 0.750. The summed E-state index contributed by atoms with van der Waals surface area (Å²) in [5.74, 6) is -3.25. The van der Waals surface area contributed by atoms with Crippen LogP contribution in [0.4, 0.5) is 4.39 Å². The van der Waals surface area contributed by atoms with Crippen LogP contribution in [-0.4, -0.2) is 34.9 Å². The first kappa shape index (κ1) is 12.8. The van der Waals surface area contributed by atoms with Crippen LogP contribution in [0.25, 0.3) is 0 Å². The minimum atomic E-state index is -1.24. The van der Waals surface area contributed by atoms with Gasteiger partial charge in [0.2, 0.25) is 0 Å². The zero-order valence-electron chi connectivity index (χ0n) is 7.65. The third kappa shape index (κ3) is 4.76. The van der Waals surface area contributed by atoms with Gasteiger partial charge in [-0.2, -0.15) is 0 Å². The molecule has 0 amide bonds. The lowest BCUT2D eigenvalue weighted by Gasteiger charge is -2.13. The van der Waals surface area contributed by atoms with Crippen LogP contribution in [0, 0.1) is 5.92 Å². The van der Waals surface area contributed by atoms with Gasteiger partial charge in [-0.15, -0.1) is 0 Å². The van der Waals surface area contributed by atoms with E-state index in [2.05, 4.69) is 0 Å². The predicted octanol–water partition coefficient (Wildman–Crippen LogP) is 0.239. The van der Waals surface area contributed by atoms with E-state index in [1.165, 1.54) is 0 Å². The van der Waals surface area contributed by atoms with Crippen LogP contribution in [0.2, 0.25) is 0 Å². The monoisotopic (exact) mass is 207 g/mol. The molecule has 0 aromatic rings. The Morgan fingerprint density at radius 2 is 1.86 bits per heavy atom. The molecule has 0 aromatic heterocycles. The summed E-state index contributed by atoms with van der Waals surface area (Å²) in [6, 6.07) is -1.20. The van der Waals surface area contributed by atoms with Crippen molar-refractivity contribution in [3.8, 4) is 0 Å². The molecule has 0 saturated carbocycles. The van der Waals surface area contributed by atoms with Crippen LogP contribution < -0.4 is 5.73 Å². The van der Waals surface area contributed by atoms with E-state index in [4.69, 9.17) is 15.9 Å². The Morgan fingerprint density at radius 3 is 2.21 bits per heavy atom. The standard InChI is InChI=1S/C8H14FNO4/c9-3-1-2-5(7(11)12)4-6(10)8(13)14/h5-6H,1-4,10H2,(H,11,12)(H,13,14)/t5?,6-/m0/s1. The summed E-state index contributed by atoms with van der Waals surface area (Å²) in [4.78, 5) is 20.9. The summed E-state index contributed by atoms with van der Waals surface area (Å²) >= 11 is 0. The van der Waals surface area contributed by atoms with Crippen molar-refractivity contribution in [1.29, 1.82) is 0 Å². The van der Waals surface area contributed by atoms with Crippen LogP contribution >= 0.6 is 0 Å². The van der Waals surface area contributed by atoms with E-state index in [9.17, 15) is 14.0 Å². The molecular formula is C8H14FNO4. The van der Waals surface area contributed by atoms with Crippen LogP contribution in [0.15, 0.2) is 0 Å². The van der Waals surface area contributed by atoms with E-state index < -0.39 is 30.6 Å². The van der Waals surface area contributed by atoms with Gasteiger partial charge in [-0.1, -0.05) is 0 Å². The second-order valence-electron chi connectivity index (χ2n) is 3.05. The number of alkyl halides is 1. The molecule has 0 spiro atoms. The van der Waals surface area contributed by atoms with Crippen molar-refractivity contribution < 1.29 is 24.2 Å². The second kappa shape index (κ2) is 6.31. The molecule has 5 nitrogen and oxygen atoms in total. The molecule has 0 rings (SSSR count). The van der Waals surface area contributed by atoms with Crippen LogP contribution in [0.5, 0.6) is 0 Å². The maximum absolute atomic E-state index is 11.8. The second-order valence-corrected chi connectivity index (χ2v) is 3.05. The zero-order chi connectivity index (χ0) is 11.1. The smallest absolute Gasteiger partial charge is 0.320 e. The number of aliphatic carboxylic acids is 2. The minimum Gasteiger partial charge on any atom is -0.481 e. The molecule has 0 saturated heterocycles. The highest BCUT2D eigenvalue weighted by Gasteiger charge is 2.23. The summed E-state index contributed by atoms with van der Waals surface area (Å²) in [7, 11) is 0. The normalized spacial score (nSPS) is 14.7. The van der Waals surface area contributed by atoms with Gasteiger partial charge < -0.3 is 15.9 Å². The number of nitrogens with two attached hydrogens (primary N) is 1.